The van der Waals surface area contributed by atoms with Crippen molar-refractivity contribution in [3.8, 4) is 17.2 Å². The van der Waals surface area contributed by atoms with Crippen molar-refractivity contribution in [2.24, 2.45) is 0 Å². The summed E-state index contributed by atoms with van der Waals surface area (Å²) >= 11 is 0. The number of rotatable bonds is 5. The third kappa shape index (κ3) is 4.23. The number of carbonyl (C=O) groups is 1. The zero-order valence-corrected chi connectivity index (χ0v) is 13.0. The Morgan fingerprint density at radius 3 is 2.50 bits per heavy atom. The Kier molecular flexibility index (Phi) is 5.39. The molecule has 2 rings (SSSR count). The van der Waals surface area contributed by atoms with Gasteiger partial charge in [0, 0.05) is 36.0 Å². The number of carbonyl (C=O) groups excluding carboxylic acids is 1. The van der Waals surface area contributed by atoms with Gasteiger partial charge in [-0.25, -0.2) is 0 Å². The number of hydrogen-bond donors (Lipinski definition) is 5. The Bertz CT molecular complexity index is 767. The van der Waals surface area contributed by atoms with Gasteiger partial charge in [-0.15, -0.1) is 0 Å². The summed E-state index contributed by atoms with van der Waals surface area (Å²) < 4.78 is 0. The van der Waals surface area contributed by atoms with Crippen molar-refractivity contribution in [1.29, 1.82) is 0 Å². The maximum atomic E-state index is 11.9. The number of aromatic nitrogens is 1. The normalized spacial score (nSPS) is 10.9. The highest BCUT2D eigenvalue weighted by atomic mass is 16.3. The second-order valence-electron chi connectivity index (χ2n) is 5.19. The number of nitrogens with zero attached hydrogens (tertiary/aromatic N) is 1. The van der Waals surface area contributed by atoms with Crippen molar-refractivity contribution in [3.05, 3.63) is 52.9 Å². The van der Waals surface area contributed by atoms with Crippen LogP contribution in [-0.4, -0.2) is 31.3 Å². The van der Waals surface area contributed by atoms with E-state index in [1.807, 2.05) is 0 Å². The predicted octanol–water partition coefficient (Wildman–Crippen LogP) is 1.33. The molecule has 0 bridgehead atoms. The molecule has 7 nitrogen and oxygen atoms in total. The zero-order chi connectivity index (χ0) is 17.7. The number of phenols is 2. The summed E-state index contributed by atoms with van der Waals surface area (Å²) in [5.74, 6) is -0.723. The molecule has 5 N–H and O–H groups in total. The Morgan fingerprint density at radius 2 is 1.88 bits per heavy atom. The van der Waals surface area contributed by atoms with Gasteiger partial charge in [0.2, 0.25) is 5.91 Å². The van der Waals surface area contributed by atoms with Gasteiger partial charge in [0.25, 0.3) is 0 Å². The second kappa shape index (κ2) is 7.47. The summed E-state index contributed by atoms with van der Waals surface area (Å²) in [6.45, 7) is 1.35. The highest BCUT2D eigenvalue weighted by Crippen LogP contribution is 2.24. The van der Waals surface area contributed by atoms with Crippen LogP contribution in [0.5, 0.6) is 17.2 Å². The molecule has 7 heteroatoms. The van der Waals surface area contributed by atoms with Crippen molar-refractivity contribution in [3.63, 3.8) is 0 Å². The first kappa shape index (κ1) is 17.3. The van der Waals surface area contributed by atoms with Gasteiger partial charge in [0.15, 0.2) is 0 Å². The van der Waals surface area contributed by atoms with E-state index < -0.39 is 5.91 Å². The number of hydrogen-bond acceptors (Lipinski definition) is 6. The van der Waals surface area contributed by atoms with E-state index in [1.165, 1.54) is 36.5 Å². The van der Waals surface area contributed by atoms with Gasteiger partial charge in [-0.3, -0.25) is 9.78 Å². The van der Waals surface area contributed by atoms with Gasteiger partial charge in [-0.05, 0) is 30.7 Å². The molecule has 0 aliphatic heterocycles. The number of aryl methyl sites for hydroxylation is 1. The number of pyridine rings is 1. The smallest absolute Gasteiger partial charge is 0.244 e. The number of benzene rings is 1. The van der Waals surface area contributed by atoms with Crippen molar-refractivity contribution < 1.29 is 25.2 Å². The van der Waals surface area contributed by atoms with Crippen LogP contribution in [0.15, 0.2) is 30.5 Å². The standard InChI is InChI=1S/C17H18N2O5/c1-10-17(24)15(12(9-20)7-18-10)8-19-16(23)3-2-11-4-13(21)6-14(22)5-11/h2-7,20-22,24H,8-9H2,1H3,(H,19,23). The third-order valence-electron chi connectivity index (χ3n) is 3.39. The van der Waals surface area contributed by atoms with Gasteiger partial charge in [-0.2, -0.15) is 0 Å². The fourth-order valence-corrected chi connectivity index (χ4v) is 2.14. The lowest BCUT2D eigenvalue weighted by Gasteiger charge is -2.11. The van der Waals surface area contributed by atoms with E-state index in [9.17, 15) is 25.2 Å². The first-order valence-electron chi connectivity index (χ1n) is 7.17. The van der Waals surface area contributed by atoms with E-state index in [-0.39, 0.29) is 30.4 Å². The maximum absolute atomic E-state index is 11.9. The fraction of sp³-hybridized carbons (Fsp3) is 0.176. The SMILES string of the molecule is Cc1ncc(CO)c(CNC(=O)C=Cc2cc(O)cc(O)c2)c1O. The summed E-state index contributed by atoms with van der Waals surface area (Å²) in [6.07, 6.45) is 4.11. The van der Waals surface area contributed by atoms with E-state index in [4.69, 9.17) is 0 Å². The molecule has 1 aromatic heterocycles. The molecule has 1 aromatic carbocycles. The van der Waals surface area contributed by atoms with Gasteiger partial charge < -0.3 is 25.7 Å². The lowest BCUT2D eigenvalue weighted by Crippen LogP contribution is -2.21. The predicted molar refractivity (Wildman–Crippen MR) is 87.2 cm³/mol. The van der Waals surface area contributed by atoms with Gasteiger partial charge in [0.05, 0.1) is 12.3 Å². The second-order valence-corrected chi connectivity index (χ2v) is 5.19. The van der Waals surface area contributed by atoms with Gasteiger partial charge >= 0.3 is 0 Å². The van der Waals surface area contributed by atoms with E-state index in [0.717, 1.165) is 0 Å². The van der Waals surface area contributed by atoms with E-state index >= 15 is 0 Å². The summed E-state index contributed by atoms with van der Waals surface area (Å²) in [5.41, 5.74) is 1.70. The minimum absolute atomic E-state index is 0.0273. The molecule has 0 aliphatic carbocycles. The summed E-state index contributed by atoms with van der Waals surface area (Å²) in [5, 5.41) is 40.6. The molecule has 0 radical (unpaired) electrons. The summed E-state index contributed by atoms with van der Waals surface area (Å²) in [6, 6.07) is 3.97. The zero-order valence-electron chi connectivity index (χ0n) is 13.0. The average molecular weight is 330 g/mol. The van der Waals surface area contributed by atoms with Crippen LogP contribution in [0.25, 0.3) is 6.08 Å². The molecule has 2 aromatic rings. The van der Waals surface area contributed by atoms with Gasteiger partial charge in [0.1, 0.15) is 17.2 Å². The minimum atomic E-state index is -0.435. The largest absolute Gasteiger partial charge is 0.508 e. The summed E-state index contributed by atoms with van der Waals surface area (Å²) in [7, 11) is 0. The molecule has 0 aliphatic rings. The number of aliphatic hydroxyl groups excluding tert-OH is 1. The van der Waals surface area contributed by atoms with E-state index in [0.29, 0.717) is 22.4 Å². The van der Waals surface area contributed by atoms with Crippen LogP contribution in [0.3, 0.4) is 0 Å². The monoisotopic (exact) mass is 330 g/mol. The number of phenolic OH excluding ortho intramolecular Hbond substituents is 2. The fourth-order valence-electron chi connectivity index (χ4n) is 2.14. The molecule has 1 amide bonds. The van der Waals surface area contributed by atoms with Crippen molar-refractivity contribution >= 4 is 12.0 Å². The lowest BCUT2D eigenvalue weighted by atomic mass is 10.1. The number of nitrogens with one attached hydrogen (secondary N) is 1. The van der Waals surface area contributed by atoms with E-state index in [1.54, 1.807) is 6.92 Å². The van der Waals surface area contributed by atoms with Gasteiger partial charge in [-0.1, -0.05) is 0 Å². The lowest BCUT2D eigenvalue weighted by molar-refractivity contribution is -0.116. The molecule has 0 saturated heterocycles. The first-order valence-corrected chi connectivity index (χ1v) is 7.17. The average Bonchev–Trinajstić information content (AvgIpc) is 2.53. The minimum Gasteiger partial charge on any atom is -0.508 e. The van der Waals surface area contributed by atoms with Crippen LogP contribution in [-0.2, 0) is 17.9 Å². The van der Waals surface area contributed by atoms with Crippen LogP contribution >= 0.6 is 0 Å². The Hall–Kier alpha value is -3.06. The highest BCUT2D eigenvalue weighted by molar-refractivity contribution is 5.91. The summed E-state index contributed by atoms with van der Waals surface area (Å²) in [4.78, 5) is 15.8. The Balaban J connectivity index is 2.06. The molecule has 0 unspecified atom stereocenters. The molecular weight excluding hydrogens is 312 g/mol. The maximum Gasteiger partial charge on any atom is 0.244 e. The quantitative estimate of drug-likeness (QED) is 0.527. The molecule has 0 atom stereocenters. The molecule has 0 spiro atoms. The molecular formula is C17H18N2O5. The van der Waals surface area contributed by atoms with Crippen LogP contribution < -0.4 is 5.32 Å². The van der Waals surface area contributed by atoms with Crippen LogP contribution in [0.1, 0.15) is 22.4 Å². The number of aromatic hydroxyl groups is 3. The number of amides is 1. The molecule has 0 saturated carbocycles. The third-order valence-corrected chi connectivity index (χ3v) is 3.39. The Labute approximate surface area is 138 Å². The Morgan fingerprint density at radius 1 is 1.21 bits per heavy atom. The molecule has 0 fully saturated rings. The first-order chi connectivity index (χ1) is 11.4. The van der Waals surface area contributed by atoms with Crippen LogP contribution in [0, 0.1) is 6.92 Å². The molecule has 1 heterocycles. The van der Waals surface area contributed by atoms with Crippen molar-refractivity contribution in [1.82, 2.24) is 10.3 Å². The highest BCUT2D eigenvalue weighted by Gasteiger charge is 2.11. The van der Waals surface area contributed by atoms with Crippen molar-refractivity contribution in [2.45, 2.75) is 20.1 Å². The molecule has 24 heavy (non-hydrogen) atoms. The van der Waals surface area contributed by atoms with Crippen LogP contribution in [0.2, 0.25) is 0 Å². The molecule has 126 valence electrons. The van der Waals surface area contributed by atoms with Crippen LogP contribution in [0.4, 0.5) is 0 Å². The van der Waals surface area contributed by atoms with Crippen molar-refractivity contribution in [2.75, 3.05) is 0 Å². The topological polar surface area (TPSA) is 123 Å². The number of aliphatic hydroxyl groups is 1. The van der Waals surface area contributed by atoms with E-state index in [2.05, 4.69) is 10.3 Å².